The lowest BCUT2D eigenvalue weighted by Gasteiger charge is -2.22. The van der Waals surface area contributed by atoms with Gasteiger partial charge in [0.2, 0.25) is 0 Å². The van der Waals surface area contributed by atoms with E-state index in [4.69, 9.17) is 10.00 Å². The minimum atomic E-state index is -1.11. The van der Waals surface area contributed by atoms with Gasteiger partial charge >= 0.3 is 6.03 Å². The molecule has 0 spiro atoms. The number of nitrogens with one attached hydrogen (secondary N) is 1. The highest BCUT2D eigenvalue weighted by molar-refractivity contribution is 6.07. The second-order valence-corrected chi connectivity index (χ2v) is 5.62. The Labute approximate surface area is 129 Å². The molecule has 0 radical (unpaired) electrons. The van der Waals surface area contributed by atoms with Gasteiger partial charge in [0.15, 0.2) is 0 Å². The molecule has 1 heterocycles. The van der Waals surface area contributed by atoms with Gasteiger partial charge in [-0.3, -0.25) is 9.69 Å². The Kier molecular flexibility index (Phi) is 4.48. The maximum absolute atomic E-state index is 12.6. The SMILES string of the molecule is CC(C)OCCN1C(=O)NC(C)(c2ccc(C#N)cc2)C1=O. The number of carbonyl (C=O) groups is 2. The molecule has 1 fully saturated rings. The number of ether oxygens (including phenoxy) is 1. The number of amides is 3. The van der Waals surface area contributed by atoms with E-state index in [9.17, 15) is 9.59 Å². The Balaban J connectivity index is 2.16. The Morgan fingerprint density at radius 1 is 1.32 bits per heavy atom. The summed E-state index contributed by atoms with van der Waals surface area (Å²) in [6, 6.07) is 8.23. The number of hydrogen-bond acceptors (Lipinski definition) is 4. The molecule has 1 atom stereocenters. The summed E-state index contributed by atoms with van der Waals surface area (Å²) in [5, 5.41) is 11.5. The number of rotatable bonds is 5. The zero-order valence-corrected chi connectivity index (χ0v) is 12.9. The minimum absolute atomic E-state index is 0.0469. The molecule has 6 heteroatoms. The summed E-state index contributed by atoms with van der Waals surface area (Å²) in [7, 11) is 0. The van der Waals surface area contributed by atoms with Gasteiger partial charge in [-0.15, -0.1) is 0 Å². The molecule has 0 aromatic heterocycles. The lowest BCUT2D eigenvalue weighted by molar-refractivity contribution is -0.131. The number of carbonyl (C=O) groups excluding carboxylic acids is 2. The highest BCUT2D eigenvalue weighted by atomic mass is 16.5. The fraction of sp³-hybridized carbons (Fsp3) is 0.438. The van der Waals surface area contributed by atoms with Crippen LogP contribution < -0.4 is 5.32 Å². The maximum atomic E-state index is 12.6. The molecule has 1 aromatic carbocycles. The summed E-state index contributed by atoms with van der Waals surface area (Å²) in [6.07, 6.45) is 0.0469. The predicted octanol–water partition coefficient (Wildman–Crippen LogP) is 1.75. The standard InChI is InChI=1S/C16H19N3O3/c1-11(2)22-9-8-19-14(20)16(3,18-15(19)21)13-6-4-12(10-17)5-7-13/h4-7,11H,8-9H2,1-3H3,(H,18,21). The van der Waals surface area contributed by atoms with Crippen molar-refractivity contribution in [2.75, 3.05) is 13.2 Å². The van der Waals surface area contributed by atoms with Crippen LogP contribution in [0.1, 0.15) is 31.9 Å². The molecule has 3 amide bonds. The van der Waals surface area contributed by atoms with Crippen molar-refractivity contribution in [3.8, 4) is 6.07 Å². The summed E-state index contributed by atoms with van der Waals surface area (Å²) in [6.45, 7) is 5.98. The lowest BCUT2D eigenvalue weighted by atomic mass is 9.91. The van der Waals surface area contributed by atoms with Crippen LogP contribution in [0.2, 0.25) is 0 Å². The van der Waals surface area contributed by atoms with E-state index in [0.717, 1.165) is 0 Å². The molecule has 1 saturated heterocycles. The summed E-state index contributed by atoms with van der Waals surface area (Å²) in [4.78, 5) is 25.8. The molecule has 1 aromatic rings. The first-order valence-corrected chi connectivity index (χ1v) is 7.15. The van der Waals surface area contributed by atoms with Crippen LogP contribution in [0, 0.1) is 11.3 Å². The van der Waals surface area contributed by atoms with E-state index in [-0.39, 0.29) is 18.6 Å². The first-order chi connectivity index (χ1) is 10.4. The molecule has 0 saturated carbocycles. The summed E-state index contributed by atoms with van der Waals surface area (Å²) >= 11 is 0. The van der Waals surface area contributed by atoms with Crippen LogP contribution >= 0.6 is 0 Å². The molecular weight excluding hydrogens is 282 g/mol. The Morgan fingerprint density at radius 3 is 2.50 bits per heavy atom. The number of hydrogen-bond donors (Lipinski definition) is 1. The van der Waals surface area contributed by atoms with Crippen molar-refractivity contribution < 1.29 is 14.3 Å². The second kappa shape index (κ2) is 6.16. The Bertz CT molecular complexity index is 619. The second-order valence-electron chi connectivity index (χ2n) is 5.62. The molecule has 1 unspecified atom stereocenters. The van der Waals surface area contributed by atoms with Gasteiger partial charge < -0.3 is 10.1 Å². The van der Waals surface area contributed by atoms with Gasteiger partial charge in [-0.25, -0.2) is 4.79 Å². The quantitative estimate of drug-likeness (QED) is 0.840. The van der Waals surface area contributed by atoms with Crippen molar-refractivity contribution in [1.82, 2.24) is 10.2 Å². The van der Waals surface area contributed by atoms with Crippen LogP contribution in [0.3, 0.4) is 0 Å². The average Bonchev–Trinajstić information content (AvgIpc) is 2.71. The molecule has 6 nitrogen and oxygen atoms in total. The highest BCUT2D eigenvalue weighted by Crippen LogP contribution is 2.28. The fourth-order valence-electron chi connectivity index (χ4n) is 2.35. The van der Waals surface area contributed by atoms with Crippen molar-refractivity contribution in [2.24, 2.45) is 0 Å². The van der Waals surface area contributed by atoms with E-state index >= 15 is 0 Å². The molecular formula is C16H19N3O3. The molecule has 2 rings (SSSR count). The summed E-state index contributed by atoms with van der Waals surface area (Å²) in [5.74, 6) is -0.311. The van der Waals surface area contributed by atoms with Crippen LogP contribution in [-0.4, -0.2) is 36.1 Å². The van der Waals surface area contributed by atoms with E-state index in [1.165, 1.54) is 4.90 Å². The minimum Gasteiger partial charge on any atom is -0.377 e. The van der Waals surface area contributed by atoms with E-state index in [2.05, 4.69) is 5.32 Å². The van der Waals surface area contributed by atoms with Crippen molar-refractivity contribution >= 4 is 11.9 Å². The van der Waals surface area contributed by atoms with Crippen molar-refractivity contribution in [2.45, 2.75) is 32.4 Å². The first-order valence-electron chi connectivity index (χ1n) is 7.15. The smallest absolute Gasteiger partial charge is 0.325 e. The average molecular weight is 301 g/mol. The Morgan fingerprint density at radius 2 is 1.95 bits per heavy atom. The van der Waals surface area contributed by atoms with Gasteiger partial charge in [-0.05, 0) is 38.5 Å². The molecule has 0 aliphatic carbocycles. The fourth-order valence-corrected chi connectivity index (χ4v) is 2.35. The van der Waals surface area contributed by atoms with Gasteiger partial charge in [0, 0.05) is 0 Å². The van der Waals surface area contributed by atoms with Crippen molar-refractivity contribution in [1.29, 1.82) is 5.26 Å². The molecule has 22 heavy (non-hydrogen) atoms. The molecule has 1 aliphatic rings. The number of urea groups is 1. The third-order valence-corrected chi connectivity index (χ3v) is 3.63. The zero-order valence-electron chi connectivity index (χ0n) is 12.9. The molecule has 116 valence electrons. The third-order valence-electron chi connectivity index (χ3n) is 3.63. The topological polar surface area (TPSA) is 82.4 Å². The normalized spacial score (nSPS) is 21.1. The van der Waals surface area contributed by atoms with Crippen molar-refractivity contribution in [3.05, 3.63) is 35.4 Å². The van der Waals surface area contributed by atoms with Crippen LogP contribution in [0.4, 0.5) is 4.79 Å². The van der Waals surface area contributed by atoms with E-state index in [0.29, 0.717) is 17.7 Å². The number of imide groups is 1. The molecule has 1 aliphatic heterocycles. The van der Waals surface area contributed by atoms with E-state index in [1.54, 1.807) is 31.2 Å². The lowest BCUT2D eigenvalue weighted by Crippen LogP contribution is -2.41. The summed E-state index contributed by atoms with van der Waals surface area (Å²) in [5.41, 5.74) is 0.0477. The Hall–Kier alpha value is -2.39. The maximum Gasteiger partial charge on any atom is 0.325 e. The van der Waals surface area contributed by atoms with Crippen LogP contribution in [-0.2, 0) is 15.1 Å². The van der Waals surface area contributed by atoms with Gasteiger partial charge in [0.25, 0.3) is 5.91 Å². The highest BCUT2D eigenvalue weighted by Gasteiger charge is 2.48. The van der Waals surface area contributed by atoms with Crippen LogP contribution in [0.15, 0.2) is 24.3 Å². The number of benzene rings is 1. The van der Waals surface area contributed by atoms with Gasteiger partial charge in [0.05, 0.1) is 30.9 Å². The molecule has 0 bridgehead atoms. The van der Waals surface area contributed by atoms with Crippen LogP contribution in [0.25, 0.3) is 0 Å². The summed E-state index contributed by atoms with van der Waals surface area (Å²) < 4.78 is 5.39. The monoisotopic (exact) mass is 301 g/mol. The zero-order chi connectivity index (χ0) is 16.3. The van der Waals surface area contributed by atoms with Gasteiger partial charge in [-0.1, -0.05) is 12.1 Å². The number of nitriles is 1. The largest absolute Gasteiger partial charge is 0.377 e. The predicted molar refractivity (Wildman–Crippen MR) is 79.8 cm³/mol. The van der Waals surface area contributed by atoms with Gasteiger partial charge in [-0.2, -0.15) is 5.26 Å². The van der Waals surface area contributed by atoms with Crippen LogP contribution in [0.5, 0.6) is 0 Å². The first kappa shape index (κ1) is 16.0. The number of nitrogens with zero attached hydrogens (tertiary/aromatic N) is 2. The third kappa shape index (κ3) is 2.95. The molecule has 1 N–H and O–H groups in total. The van der Waals surface area contributed by atoms with E-state index < -0.39 is 11.6 Å². The van der Waals surface area contributed by atoms with E-state index in [1.807, 2.05) is 19.9 Å². The van der Waals surface area contributed by atoms with Crippen molar-refractivity contribution in [3.63, 3.8) is 0 Å². The van der Waals surface area contributed by atoms with Gasteiger partial charge in [0.1, 0.15) is 5.54 Å².